The van der Waals surface area contributed by atoms with E-state index in [-0.39, 0.29) is 5.02 Å². The third-order valence-electron chi connectivity index (χ3n) is 3.81. The Hall–Kier alpha value is -2.18. The van der Waals surface area contributed by atoms with Crippen LogP contribution in [0.5, 0.6) is 0 Å². The topological polar surface area (TPSA) is 46.0 Å². The number of benzene rings is 1. The molecule has 1 aromatic carbocycles. The van der Waals surface area contributed by atoms with Gasteiger partial charge in [0.1, 0.15) is 0 Å². The summed E-state index contributed by atoms with van der Waals surface area (Å²) >= 11 is 6.03. The monoisotopic (exact) mass is 352 g/mol. The summed E-state index contributed by atoms with van der Waals surface area (Å²) < 4.78 is 38.1. The van der Waals surface area contributed by atoms with Crippen LogP contribution in [0.1, 0.15) is 17.4 Å². The Morgan fingerprint density at radius 1 is 1.12 bits per heavy atom. The SMILES string of the molecule is Cc1c(-c2ccc3ccncc3c2)cnc([C@@H](O)C(F)(F)F)c1Cl. The van der Waals surface area contributed by atoms with E-state index in [4.69, 9.17) is 11.6 Å². The van der Waals surface area contributed by atoms with Gasteiger partial charge in [-0.25, -0.2) is 0 Å². The quantitative estimate of drug-likeness (QED) is 0.716. The molecule has 3 nitrogen and oxygen atoms in total. The summed E-state index contributed by atoms with van der Waals surface area (Å²) in [4.78, 5) is 7.80. The van der Waals surface area contributed by atoms with E-state index in [1.807, 2.05) is 24.3 Å². The first kappa shape index (κ1) is 16.7. The van der Waals surface area contributed by atoms with Crippen LogP contribution in [0.15, 0.2) is 42.9 Å². The lowest BCUT2D eigenvalue weighted by Crippen LogP contribution is -2.22. The van der Waals surface area contributed by atoms with E-state index < -0.39 is 18.0 Å². The summed E-state index contributed by atoms with van der Waals surface area (Å²) in [5.41, 5.74) is 1.19. The predicted molar refractivity (Wildman–Crippen MR) is 85.7 cm³/mol. The highest BCUT2D eigenvalue weighted by molar-refractivity contribution is 6.32. The summed E-state index contributed by atoms with van der Waals surface area (Å²) in [6.07, 6.45) is -2.86. The van der Waals surface area contributed by atoms with E-state index in [9.17, 15) is 18.3 Å². The molecular formula is C17H12ClF3N2O. The molecule has 2 aromatic heterocycles. The molecule has 1 N–H and O–H groups in total. The minimum atomic E-state index is -4.82. The molecule has 0 bridgehead atoms. The standard InChI is InChI=1S/C17H12ClF3N2O/c1-9-13(8-23-15(14(9)18)16(24)17(19,20)21)11-3-2-10-4-5-22-7-12(10)6-11/h2-8,16,24H,1H3/t16-/m1/s1. The molecule has 0 aliphatic rings. The van der Waals surface area contributed by atoms with Gasteiger partial charge in [-0.2, -0.15) is 13.2 Å². The maximum absolute atomic E-state index is 12.7. The third kappa shape index (κ3) is 2.95. The smallest absolute Gasteiger partial charge is 0.378 e. The first-order chi connectivity index (χ1) is 11.3. The zero-order valence-corrected chi connectivity index (χ0v) is 13.2. The molecule has 0 aliphatic heterocycles. The Balaban J connectivity index is 2.10. The number of aromatic nitrogens is 2. The summed E-state index contributed by atoms with van der Waals surface area (Å²) in [6, 6.07) is 7.45. The van der Waals surface area contributed by atoms with Crippen LogP contribution in [0.2, 0.25) is 5.02 Å². The Bertz CT molecular complexity index is 912. The number of nitrogens with zero attached hydrogens (tertiary/aromatic N) is 2. The molecule has 0 saturated carbocycles. The maximum atomic E-state index is 12.7. The number of hydrogen-bond acceptors (Lipinski definition) is 3. The van der Waals surface area contributed by atoms with Crippen LogP contribution in [0.4, 0.5) is 13.2 Å². The lowest BCUT2D eigenvalue weighted by molar-refractivity contribution is -0.207. The summed E-state index contributed by atoms with van der Waals surface area (Å²) in [7, 11) is 0. The van der Waals surface area contributed by atoms with Crippen LogP contribution in [0, 0.1) is 6.92 Å². The predicted octanol–water partition coefficient (Wildman–Crippen LogP) is 4.85. The van der Waals surface area contributed by atoms with E-state index in [1.54, 1.807) is 19.3 Å². The molecule has 1 atom stereocenters. The van der Waals surface area contributed by atoms with E-state index in [2.05, 4.69) is 9.97 Å². The van der Waals surface area contributed by atoms with Gasteiger partial charge >= 0.3 is 6.18 Å². The lowest BCUT2D eigenvalue weighted by atomic mass is 9.99. The normalized spacial score (nSPS) is 13.2. The van der Waals surface area contributed by atoms with Crippen LogP contribution in [0.3, 0.4) is 0 Å². The molecule has 124 valence electrons. The molecule has 3 aromatic rings. The molecule has 0 radical (unpaired) electrons. The van der Waals surface area contributed by atoms with Crippen molar-refractivity contribution < 1.29 is 18.3 Å². The molecule has 0 spiro atoms. The fourth-order valence-electron chi connectivity index (χ4n) is 2.49. The molecule has 0 unspecified atom stereocenters. The van der Waals surface area contributed by atoms with Gasteiger partial charge in [0.25, 0.3) is 0 Å². The number of halogens is 4. The van der Waals surface area contributed by atoms with Gasteiger partial charge in [0.05, 0.1) is 10.7 Å². The largest absolute Gasteiger partial charge is 0.420 e. The summed E-state index contributed by atoms with van der Waals surface area (Å²) in [5, 5.41) is 11.1. The van der Waals surface area contributed by atoms with Gasteiger partial charge in [-0.05, 0) is 35.6 Å². The highest BCUT2D eigenvalue weighted by atomic mass is 35.5. The Morgan fingerprint density at radius 2 is 1.88 bits per heavy atom. The second kappa shape index (κ2) is 6.03. The van der Waals surface area contributed by atoms with Crippen molar-refractivity contribution in [1.82, 2.24) is 9.97 Å². The lowest BCUT2D eigenvalue weighted by Gasteiger charge is -2.17. The minimum absolute atomic E-state index is 0.191. The number of pyridine rings is 2. The molecule has 0 saturated heterocycles. The Kier molecular flexibility index (Phi) is 4.19. The zero-order valence-electron chi connectivity index (χ0n) is 12.5. The number of rotatable bonds is 2. The molecule has 0 fully saturated rings. The van der Waals surface area contributed by atoms with Crippen LogP contribution < -0.4 is 0 Å². The molecule has 3 rings (SSSR count). The summed E-state index contributed by atoms with van der Waals surface area (Å²) in [5.74, 6) is 0. The van der Waals surface area contributed by atoms with Gasteiger partial charge < -0.3 is 5.11 Å². The number of aliphatic hydroxyl groups is 1. The zero-order chi connectivity index (χ0) is 17.5. The molecule has 0 aliphatic carbocycles. The van der Waals surface area contributed by atoms with Gasteiger partial charge in [-0.3, -0.25) is 9.97 Å². The Labute approximate surface area is 140 Å². The second-order valence-corrected chi connectivity index (χ2v) is 5.76. The highest BCUT2D eigenvalue weighted by Crippen LogP contribution is 2.38. The number of fused-ring (bicyclic) bond motifs is 1. The average molecular weight is 353 g/mol. The molecule has 7 heteroatoms. The van der Waals surface area contributed by atoms with Crippen molar-refractivity contribution >= 4 is 22.4 Å². The fourth-order valence-corrected chi connectivity index (χ4v) is 2.74. The van der Waals surface area contributed by atoms with E-state index in [1.165, 1.54) is 6.20 Å². The van der Waals surface area contributed by atoms with Crippen LogP contribution >= 0.6 is 11.6 Å². The number of aliphatic hydroxyl groups excluding tert-OH is 1. The van der Waals surface area contributed by atoms with Crippen molar-refractivity contribution in [3.63, 3.8) is 0 Å². The van der Waals surface area contributed by atoms with Crippen molar-refractivity contribution in [3.05, 3.63) is 59.1 Å². The molecular weight excluding hydrogens is 341 g/mol. The van der Waals surface area contributed by atoms with E-state index in [0.717, 1.165) is 16.3 Å². The Morgan fingerprint density at radius 3 is 2.58 bits per heavy atom. The number of alkyl halides is 3. The third-order valence-corrected chi connectivity index (χ3v) is 4.29. The molecule has 0 amide bonds. The van der Waals surface area contributed by atoms with E-state index >= 15 is 0 Å². The fraction of sp³-hybridized carbons (Fsp3) is 0.176. The first-order valence-electron chi connectivity index (χ1n) is 7.03. The highest BCUT2D eigenvalue weighted by Gasteiger charge is 2.41. The van der Waals surface area contributed by atoms with Gasteiger partial charge in [0.2, 0.25) is 0 Å². The van der Waals surface area contributed by atoms with Crippen molar-refractivity contribution in [2.24, 2.45) is 0 Å². The van der Waals surface area contributed by atoms with Crippen molar-refractivity contribution in [2.45, 2.75) is 19.2 Å². The second-order valence-electron chi connectivity index (χ2n) is 5.38. The maximum Gasteiger partial charge on any atom is 0.420 e. The minimum Gasteiger partial charge on any atom is -0.378 e. The van der Waals surface area contributed by atoms with Gasteiger partial charge in [-0.1, -0.05) is 23.7 Å². The van der Waals surface area contributed by atoms with Gasteiger partial charge in [0.15, 0.2) is 6.10 Å². The van der Waals surface area contributed by atoms with Crippen molar-refractivity contribution in [3.8, 4) is 11.1 Å². The summed E-state index contributed by atoms with van der Waals surface area (Å²) in [6.45, 7) is 1.60. The molecule has 2 heterocycles. The first-order valence-corrected chi connectivity index (χ1v) is 7.41. The van der Waals surface area contributed by atoms with E-state index in [0.29, 0.717) is 11.1 Å². The number of hydrogen-bond donors (Lipinski definition) is 1. The van der Waals surface area contributed by atoms with Gasteiger partial charge in [-0.15, -0.1) is 0 Å². The van der Waals surface area contributed by atoms with Crippen LogP contribution in [-0.4, -0.2) is 21.3 Å². The molecule has 24 heavy (non-hydrogen) atoms. The average Bonchev–Trinajstić information content (AvgIpc) is 2.55. The van der Waals surface area contributed by atoms with Crippen LogP contribution in [-0.2, 0) is 0 Å². The van der Waals surface area contributed by atoms with Crippen molar-refractivity contribution in [1.29, 1.82) is 0 Å². The van der Waals surface area contributed by atoms with Crippen LogP contribution in [0.25, 0.3) is 21.9 Å². The van der Waals surface area contributed by atoms with Crippen molar-refractivity contribution in [2.75, 3.05) is 0 Å². The van der Waals surface area contributed by atoms with Gasteiger partial charge in [0, 0.05) is 29.5 Å².